The van der Waals surface area contributed by atoms with Crippen LogP contribution in [0.3, 0.4) is 0 Å². The SMILES string of the molecule is CC1(C)c2ccccc2-c2c1ccc1ccc(N(c3ccc(-c4ccccc4)cc3)c3ccc4c(c3)oc3ccccc34)cc21. The second kappa shape index (κ2) is 9.70. The lowest BCUT2D eigenvalue weighted by Crippen LogP contribution is -2.14. The monoisotopic (exact) mass is 577 g/mol. The molecule has 45 heavy (non-hydrogen) atoms. The Labute approximate surface area is 262 Å². The fourth-order valence-electron chi connectivity index (χ4n) is 7.38. The molecule has 1 aromatic heterocycles. The molecule has 0 amide bonds. The fraction of sp³-hybridized carbons (Fsp3) is 0.0698. The van der Waals surface area contributed by atoms with Crippen LogP contribution in [-0.2, 0) is 5.41 Å². The molecule has 0 atom stereocenters. The summed E-state index contributed by atoms with van der Waals surface area (Å²) in [7, 11) is 0. The molecule has 0 bridgehead atoms. The third-order valence-corrected chi connectivity index (χ3v) is 9.66. The van der Waals surface area contributed by atoms with E-state index in [1.807, 2.05) is 12.1 Å². The summed E-state index contributed by atoms with van der Waals surface area (Å²) in [5.41, 5.74) is 12.9. The minimum absolute atomic E-state index is 0.0462. The van der Waals surface area contributed by atoms with Crippen molar-refractivity contribution in [1.82, 2.24) is 0 Å². The highest BCUT2D eigenvalue weighted by Gasteiger charge is 2.36. The molecule has 0 saturated heterocycles. The molecule has 8 aromatic rings. The van der Waals surface area contributed by atoms with E-state index in [2.05, 4.69) is 158 Å². The number of hydrogen-bond acceptors (Lipinski definition) is 2. The van der Waals surface area contributed by atoms with Crippen LogP contribution in [0.2, 0.25) is 0 Å². The molecule has 0 unspecified atom stereocenters. The first kappa shape index (κ1) is 25.9. The smallest absolute Gasteiger partial charge is 0.137 e. The zero-order chi connectivity index (χ0) is 30.1. The van der Waals surface area contributed by atoms with Gasteiger partial charge < -0.3 is 9.32 Å². The molecule has 0 radical (unpaired) electrons. The van der Waals surface area contributed by atoms with Crippen molar-refractivity contribution in [1.29, 1.82) is 0 Å². The molecule has 1 heterocycles. The first-order valence-corrected chi connectivity index (χ1v) is 15.6. The lowest BCUT2D eigenvalue weighted by Gasteiger charge is -2.26. The molecule has 0 N–H and O–H groups in total. The number of benzene rings is 7. The van der Waals surface area contributed by atoms with Gasteiger partial charge in [0, 0.05) is 39.3 Å². The van der Waals surface area contributed by atoms with E-state index < -0.39 is 0 Å². The van der Waals surface area contributed by atoms with Crippen LogP contribution in [0, 0.1) is 0 Å². The maximum atomic E-state index is 6.36. The number of hydrogen-bond donors (Lipinski definition) is 0. The molecule has 0 aliphatic heterocycles. The van der Waals surface area contributed by atoms with Gasteiger partial charge in [0.05, 0.1) is 0 Å². The van der Waals surface area contributed by atoms with Crippen molar-refractivity contribution in [3.8, 4) is 22.3 Å². The zero-order valence-electron chi connectivity index (χ0n) is 25.3. The van der Waals surface area contributed by atoms with E-state index in [0.29, 0.717) is 0 Å². The first-order valence-electron chi connectivity index (χ1n) is 15.6. The molecule has 0 fully saturated rings. The van der Waals surface area contributed by atoms with E-state index in [9.17, 15) is 0 Å². The molecule has 1 aliphatic carbocycles. The molecule has 214 valence electrons. The highest BCUT2D eigenvalue weighted by molar-refractivity contribution is 6.07. The van der Waals surface area contributed by atoms with E-state index in [-0.39, 0.29) is 5.41 Å². The molecule has 9 rings (SSSR count). The molecule has 0 saturated carbocycles. The maximum absolute atomic E-state index is 6.36. The Balaban J connectivity index is 1.26. The molecule has 2 heteroatoms. The van der Waals surface area contributed by atoms with Crippen molar-refractivity contribution in [2.45, 2.75) is 19.3 Å². The Morgan fingerprint density at radius 1 is 0.467 bits per heavy atom. The first-order chi connectivity index (χ1) is 22.1. The highest BCUT2D eigenvalue weighted by atomic mass is 16.3. The van der Waals surface area contributed by atoms with Gasteiger partial charge in [0.2, 0.25) is 0 Å². The quantitative estimate of drug-likeness (QED) is 0.207. The van der Waals surface area contributed by atoms with Gasteiger partial charge in [-0.25, -0.2) is 0 Å². The van der Waals surface area contributed by atoms with Crippen molar-refractivity contribution in [2.24, 2.45) is 0 Å². The van der Waals surface area contributed by atoms with Crippen LogP contribution in [0.4, 0.5) is 17.1 Å². The molecule has 0 spiro atoms. The predicted octanol–water partition coefficient (Wildman–Crippen LogP) is 12.2. The largest absolute Gasteiger partial charge is 0.456 e. The summed E-state index contributed by atoms with van der Waals surface area (Å²) in [4.78, 5) is 2.35. The van der Waals surface area contributed by atoms with Crippen LogP contribution >= 0.6 is 0 Å². The Bertz CT molecular complexity index is 2400. The summed E-state index contributed by atoms with van der Waals surface area (Å²) >= 11 is 0. The molecule has 7 aromatic carbocycles. The van der Waals surface area contributed by atoms with E-state index in [0.717, 1.165) is 39.0 Å². The van der Waals surface area contributed by atoms with Crippen molar-refractivity contribution in [2.75, 3.05) is 4.90 Å². The zero-order valence-corrected chi connectivity index (χ0v) is 25.3. The van der Waals surface area contributed by atoms with Gasteiger partial charge in [-0.15, -0.1) is 0 Å². The lowest BCUT2D eigenvalue weighted by atomic mass is 9.82. The number of para-hydroxylation sites is 1. The number of anilines is 3. The summed E-state index contributed by atoms with van der Waals surface area (Å²) in [6, 6.07) is 54.7. The lowest BCUT2D eigenvalue weighted by molar-refractivity contribution is 0.661. The minimum Gasteiger partial charge on any atom is -0.456 e. The third-order valence-electron chi connectivity index (χ3n) is 9.66. The molecular formula is C43H31NO. The van der Waals surface area contributed by atoms with Gasteiger partial charge in [-0.3, -0.25) is 0 Å². The van der Waals surface area contributed by atoms with E-state index >= 15 is 0 Å². The minimum atomic E-state index is -0.0462. The second-order valence-corrected chi connectivity index (χ2v) is 12.6. The number of rotatable bonds is 4. The second-order valence-electron chi connectivity index (χ2n) is 12.6. The molecule has 1 aliphatic rings. The number of furan rings is 1. The number of nitrogens with zero attached hydrogens (tertiary/aromatic N) is 1. The Hall–Kier alpha value is -5.60. The molecular weight excluding hydrogens is 546 g/mol. The van der Waals surface area contributed by atoms with Crippen molar-refractivity contribution < 1.29 is 4.42 Å². The third kappa shape index (κ3) is 3.96. The average Bonchev–Trinajstić information content (AvgIpc) is 3.57. The van der Waals surface area contributed by atoms with Gasteiger partial charge in [0.15, 0.2) is 0 Å². The van der Waals surface area contributed by atoms with Gasteiger partial charge in [0.25, 0.3) is 0 Å². The van der Waals surface area contributed by atoms with Crippen LogP contribution in [0.1, 0.15) is 25.0 Å². The average molecular weight is 578 g/mol. The number of fused-ring (bicyclic) bond motifs is 8. The van der Waals surface area contributed by atoms with Crippen LogP contribution in [0.25, 0.3) is 55.0 Å². The fourth-order valence-corrected chi connectivity index (χ4v) is 7.38. The van der Waals surface area contributed by atoms with E-state index in [4.69, 9.17) is 4.42 Å². The van der Waals surface area contributed by atoms with Crippen LogP contribution in [0.15, 0.2) is 156 Å². The van der Waals surface area contributed by atoms with Crippen molar-refractivity contribution >= 4 is 49.8 Å². The van der Waals surface area contributed by atoms with Gasteiger partial charge in [-0.2, -0.15) is 0 Å². The van der Waals surface area contributed by atoms with Gasteiger partial charge in [0.1, 0.15) is 11.2 Å². The molecule has 2 nitrogen and oxygen atoms in total. The van der Waals surface area contributed by atoms with Crippen LogP contribution in [-0.4, -0.2) is 0 Å². The van der Waals surface area contributed by atoms with Gasteiger partial charge in [-0.1, -0.05) is 117 Å². The summed E-state index contributed by atoms with van der Waals surface area (Å²) in [5.74, 6) is 0. The van der Waals surface area contributed by atoms with Crippen LogP contribution in [0.5, 0.6) is 0 Å². The van der Waals surface area contributed by atoms with Gasteiger partial charge >= 0.3 is 0 Å². The van der Waals surface area contributed by atoms with Crippen molar-refractivity contribution in [3.63, 3.8) is 0 Å². The normalized spacial score (nSPS) is 13.3. The maximum Gasteiger partial charge on any atom is 0.137 e. The summed E-state index contributed by atoms with van der Waals surface area (Å²) in [6.45, 7) is 4.69. The summed E-state index contributed by atoms with van der Waals surface area (Å²) in [5, 5.41) is 4.79. The Morgan fingerprint density at radius 2 is 1.11 bits per heavy atom. The summed E-state index contributed by atoms with van der Waals surface area (Å²) < 4.78 is 6.36. The van der Waals surface area contributed by atoms with Crippen molar-refractivity contribution in [3.05, 3.63) is 163 Å². The Morgan fingerprint density at radius 3 is 1.98 bits per heavy atom. The Kier molecular flexibility index (Phi) is 5.58. The highest BCUT2D eigenvalue weighted by Crippen LogP contribution is 2.52. The van der Waals surface area contributed by atoms with Crippen LogP contribution < -0.4 is 4.90 Å². The van der Waals surface area contributed by atoms with E-state index in [1.54, 1.807) is 0 Å². The predicted molar refractivity (Wildman–Crippen MR) is 189 cm³/mol. The van der Waals surface area contributed by atoms with E-state index in [1.165, 1.54) is 44.2 Å². The van der Waals surface area contributed by atoms with Gasteiger partial charge in [-0.05, 0) is 86.6 Å². The standard InChI is InChI=1S/C43H31NO/c1-43(2)38-14-8-6-13-36(38)42-37-26-32(22-18-30(37)19-25-39(42)43)44(31-20-16-29(17-21-31)28-10-4-3-5-11-28)33-23-24-35-34-12-7-9-15-40(34)45-41(35)27-33/h3-27H,1-2H3. The topological polar surface area (TPSA) is 16.4 Å². The summed E-state index contributed by atoms with van der Waals surface area (Å²) in [6.07, 6.45) is 0.